The fraction of sp³-hybridized carbons (Fsp3) is 0. The lowest BCUT2D eigenvalue weighted by Crippen LogP contribution is -2.10. The first-order valence-corrected chi connectivity index (χ1v) is 5.53. The van der Waals surface area contributed by atoms with E-state index >= 15 is 0 Å². The highest BCUT2D eigenvalue weighted by atomic mass is 32.1. The first-order valence-electron chi connectivity index (χ1n) is 4.71. The third-order valence-electron chi connectivity index (χ3n) is 1.96. The Kier molecular flexibility index (Phi) is 3.15. The average molecular weight is 248 g/mol. The molecule has 17 heavy (non-hydrogen) atoms. The maximum Gasteiger partial charge on any atom is 0.345 e. The SMILES string of the molecule is O=C(O)c1ccc(C(=O)Nc2cccnc2)s1. The van der Waals surface area contributed by atoms with Gasteiger partial charge in [0.1, 0.15) is 4.88 Å². The highest BCUT2D eigenvalue weighted by molar-refractivity contribution is 7.15. The molecule has 0 aliphatic rings. The molecule has 0 saturated heterocycles. The predicted octanol–water partition coefficient (Wildman–Crippen LogP) is 2.09. The third kappa shape index (κ3) is 2.67. The van der Waals surface area contributed by atoms with Crippen LogP contribution in [-0.4, -0.2) is 22.0 Å². The van der Waals surface area contributed by atoms with Crippen LogP contribution in [0.3, 0.4) is 0 Å². The highest BCUT2D eigenvalue weighted by Gasteiger charge is 2.12. The van der Waals surface area contributed by atoms with Crippen molar-refractivity contribution in [2.24, 2.45) is 0 Å². The number of carbonyl (C=O) groups is 2. The van der Waals surface area contributed by atoms with Gasteiger partial charge in [0.05, 0.1) is 16.8 Å². The van der Waals surface area contributed by atoms with E-state index in [0.29, 0.717) is 10.6 Å². The number of hydrogen-bond donors (Lipinski definition) is 2. The standard InChI is InChI=1S/C11H8N2O3S/c14-10(13-7-2-1-5-12-6-7)8-3-4-9(17-8)11(15)16/h1-6H,(H,13,14)(H,15,16). The number of hydrogen-bond acceptors (Lipinski definition) is 4. The van der Waals surface area contributed by atoms with Gasteiger partial charge in [0.15, 0.2) is 0 Å². The van der Waals surface area contributed by atoms with Crippen LogP contribution in [0, 0.1) is 0 Å². The molecule has 0 radical (unpaired) electrons. The van der Waals surface area contributed by atoms with Crippen LogP contribution in [0.5, 0.6) is 0 Å². The maximum atomic E-state index is 11.7. The summed E-state index contributed by atoms with van der Waals surface area (Å²) >= 11 is 0.936. The number of carboxylic acids is 1. The van der Waals surface area contributed by atoms with E-state index in [4.69, 9.17) is 5.11 Å². The van der Waals surface area contributed by atoms with Crippen molar-refractivity contribution in [2.45, 2.75) is 0 Å². The minimum atomic E-state index is -1.03. The Labute approximate surface area is 101 Å². The first kappa shape index (κ1) is 11.3. The number of carbonyl (C=O) groups excluding carboxylic acids is 1. The van der Waals surface area contributed by atoms with E-state index < -0.39 is 5.97 Å². The number of amides is 1. The molecule has 0 bridgehead atoms. The quantitative estimate of drug-likeness (QED) is 0.871. The highest BCUT2D eigenvalue weighted by Crippen LogP contribution is 2.17. The molecule has 0 fully saturated rings. The Morgan fingerprint density at radius 2 is 2.00 bits per heavy atom. The molecule has 0 aliphatic heterocycles. The van der Waals surface area contributed by atoms with E-state index in [1.54, 1.807) is 18.3 Å². The van der Waals surface area contributed by atoms with Gasteiger partial charge in [-0.2, -0.15) is 0 Å². The van der Waals surface area contributed by atoms with Crippen molar-refractivity contribution in [2.75, 3.05) is 5.32 Å². The van der Waals surface area contributed by atoms with Gasteiger partial charge in [-0.25, -0.2) is 4.79 Å². The molecule has 0 spiro atoms. The van der Waals surface area contributed by atoms with E-state index in [9.17, 15) is 9.59 Å². The maximum absolute atomic E-state index is 11.7. The normalized spacial score (nSPS) is 9.88. The van der Waals surface area contributed by atoms with Crippen molar-refractivity contribution < 1.29 is 14.7 Å². The van der Waals surface area contributed by atoms with Crippen molar-refractivity contribution in [3.8, 4) is 0 Å². The monoisotopic (exact) mass is 248 g/mol. The molecule has 2 aromatic heterocycles. The second-order valence-electron chi connectivity index (χ2n) is 3.16. The molecule has 5 nitrogen and oxygen atoms in total. The Bertz CT molecular complexity index is 551. The van der Waals surface area contributed by atoms with E-state index in [2.05, 4.69) is 10.3 Å². The van der Waals surface area contributed by atoms with Crippen LogP contribution in [0.1, 0.15) is 19.3 Å². The molecule has 2 rings (SSSR count). The van der Waals surface area contributed by atoms with Crippen LogP contribution in [0.2, 0.25) is 0 Å². The number of rotatable bonds is 3. The first-order chi connectivity index (χ1) is 8.16. The topological polar surface area (TPSA) is 79.3 Å². The van der Waals surface area contributed by atoms with Crippen LogP contribution >= 0.6 is 11.3 Å². The van der Waals surface area contributed by atoms with Gasteiger partial charge >= 0.3 is 5.97 Å². The minimum Gasteiger partial charge on any atom is -0.477 e. The van der Waals surface area contributed by atoms with Crippen LogP contribution in [0.15, 0.2) is 36.7 Å². The molecular formula is C11H8N2O3S. The zero-order chi connectivity index (χ0) is 12.3. The van der Waals surface area contributed by atoms with Gasteiger partial charge in [-0.1, -0.05) is 0 Å². The summed E-state index contributed by atoms with van der Waals surface area (Å²) in [6, 6.07) is 6.30. The Balaban J connectivity index is 2.12. The van der Waals surface area contributed by atoms with Gasteiger partial charge in [0, 0.05) is 6.20 Å². The van der Waals surface area contributed by atoms with Gasteiger partial charge in [0.2, 0.25) is 0 Å². The van der Waals surface area contributed by atoms with Crippen molar-refractivity contribution in [3.05, 3.63) is 46.4 Å². The molecule has 0 unspecified atom stereocenters. The van der Waals surface area contributed by atoms with Gasteiger partial charge in [-0.3, -0.25) is 9.78 Å². The number of carboxylic acid groups (broad SMARTS) is 1. The van der Waals surface area contributed by atoms with Gasteiger partial charge < -0.3 is 10.4 Å². The smallest absolute Gasteiger partial charge is 0.345 e. The fourth-order valence-electron chi connectivity index (χ4n) is 1.20. The van der Waals surface area contributed by atoms with Crippen LogP contribution < -0.4 is 5.32 Å². The van der Waals surface area contributed by atoms with Crippen LogP contribution in [-0.2, 0) is 0 Å². The van der Waals surface area contributed by atoms with E-state index in [-0.39, 0.29) is 10.8 Å². The van der Waals surface area contributed by atoms with Crippen molar-refractivity contribution in [1.82, 2.24) is 4.98 Å². The van der Waals surface area contributed by atoms with Crippen molar-refractivity contribution >= 4 is 28.9 Å². The van der Waals surface area contributed by atoms with Crippen molar-refractivity contribution in [3.63, 3.8) is 0 Å². The number of anilines is 1. The summed E-state index contributed by atoms with van der Waals surface area (Å²) in [5.74, 6) is -1.37. The lowest BCUT2D eigenvalue weighted by Gasteiger charge is -2.01. The molecule has 2 N–H and O–H groups in total. The lowest BCUT2D eigenvalue weighted by atomic mass is 10.3. The second kappa shape index (κ2) is 4.75. The predicted molar refractivity (Wildman–Crippen MR) is 63.5 cm³/mol. The Morgan fingerprint density at radius 3 is 2.59 bits per heavy atom. The average Bonchev–Trinajstić information content (AvgIpc) is 2.79. The molecule has 0 saturated carbocycles. The summed E-state index contributed by atoms with van der Waals surface area (Å²) in [5, 5.41) is 11.4. The number of aromatic nitrogens is 1. The fourth-order valence-corrected chi connectivity index (χ4v) is 1.94. The summed E-state index contributed by atoms with van der Waals surface area (Å²) in [6.45, 7) is 0. The molecule has 2 heterocycles. The molecular weight excluding hydrogens is 240 g/mol. The van der Waals surface area contributed by atoms with Crippen LogP contribution in [0.25, 0.3) is 0 Å². The van der Waals surface area contributed by atoms with Gasteiger partial charge in [0.25, 0.3) is 5.91 Å². The molecule has 2 aromatic rings. The zero-order valence-electron chi connectivity index (χ0n) is 8.58. The van der Waals surface area contributed by atoms with Gasteiger partial charge in [-0.15, -0.1) is 11.3 Å². The Morgan fingerprint density at radius 1 is 1.24 bits per heavy atom. The number of pyridine rings is 1. The largest absolute Gasteiger partial charge is 0.477 e. The zero-order valence-corrected chi connectivity index (χ0v) is 9.40. The molecule has 0 aromatic carbocycles. The molecule has 6 heteroatoms. The summed E-state index contributed by atoms with van der Waals surface area (Å²) in [5.41, 5.74) is 0.572. The molecule has 0 aliphatic carbocycles. The molecule has 0 atom stereocenters. The number of thiophene rings is 1. The second-order valence-corrected chi connectivity index (χ2v) is 4.25. The van der Waals surface area contributed by atoms with Crippen LogP contribution in [0.4, 0.5) is 5.69 Å². The summed E-state index contributed by atoms with van der Waals surface area (Å²) in [4.78, 5) is 26.7. The van der Waals surface area contributed by atoms with Gasteiger partial charge in [-0.05, 0) is 24.3 Å². The van der Waals surface area contributed by atoms with E-state index in [0.717, 1.165) is 11.3 Å². The Hall–Kier alpha value is -2.21. The lowest BCUT2D eigenvalue weighted by molar-refractivity contribution is 0.0702. The number of nitrogens with one attached hydrogen (secondary N) is 1. The van der Waals surface area contributed by atoms with E-state index in [1.165, 1.54) is 18.3 Å². The van der Waals surface area contributed by atoms with Crippen molar-refractivity contribution in [1.29, 1.82) is 0 Å². The third-order valence-corrected chi connectivity index (χ3v) is 3.03. The number of aromatic carboxylic acids is 1. The summed E-state index contributed by atoms with van der Waals surface area (Å²) in [7, 11) is 0. The molecule has 86 valence electrons. The minimum absolute atomic E-state index is 0.140. The molecule has 1 amide bonds. The summed E-state index contributed by atoms with van der Waals surface area (Å²) in [6.07, 6.45) is 3.12. The van der Waals surface area contributed by atoms with E-state index in [1.807, 2.05) is 0 Å². The summed E-state index contributed by atoms with van der Waals surface area (Å²) < 4.78 is 0. The number of nitrogens with zero attached hydrogens (tertiary/aromatic N) is 1.